The molecule has 2 aromatic carbocycles. The minimum Gasteiger partial charge on any atom is -0.507 e. The lowest BCUT2D eigenvalue weighted by Gasteiger charge is -2.17. The Morgan fingerprint density at radius 2 is 1.78 bits per heavy atom. The third kappa shape index (κ3) is 4.17. The average Bonchev–Trinajstić information content (AvgIpc) is 3.22. The molecule has 0 atom stereocenters. The number of fused-ring (bicyclic) bond motifs is 1. The molecule has 0 radical (unpaired) electrons. The van der Waals surface area contributed by atoms with Gasteiger partial charge in [-0.1, -0.05) is 11.6 Å². The highest BCUT2D eigenvalue weighted by atomic mass is 35.5. The number of phenols is 1. The van der Waals surface area contributed by atoms with Crippen molar-refractivity contribution in [2.45, 2.75) is 39.4 Å². The number of likely N-dealkylation sites (tertiary alicyclic amines) is 1. The summed E-state index contributed by atoms with van der Waals surface area (Å²) in [5, 5.41) is 10.7. The van der Waals surface area contributed by atoms with Crippen LogP contribution in [0.1, 0.15) is 35.3 Å². The van der Waals surface area contributed by atoms with E-state index in [9.17, 15) is 23.1 Å². The van der Waals surface area contributed by atoms with Crippen LogP contribution in [0, 0.1) is 13.8 Å². The average molecular weight is 469 g/mol. The number of rotatable bonds is 4. The Bertz CT molecular complexity index is 1220. The van der Waals surface area contributed by atoms with Gasteiger partial charge >= 0.3 is 6.18 Å². The molecule has 0 spiro atoms. The van der Waals surface area contributed by atoms with E-state index in [1.54, 1.807) is 13.8 Å². The highest BCUT2D eigenvalue weighted by Crippen LogP contribution is 2.40. The van der Waals surface area contributed by atoms with E-state index >= 15 is 0 Å². The molecule has 3 aromatic rings. The van der Waals surface area contributed by atoms with Gasteiger partial charge in [0.25, 0.3) is 5.76 Å². The number of benzene rings is 2. The molecule has 1 aliphatic rings. The van der Waals surface area contributed by atoms with Crippen molar-refractivity contribution in [2.24, 2.45) is 0 Å². The minimum absolute atomic E-state index is 0.0436. The lowest BCUT2D eigenvalue weighted by atomic mass is 10.1. The van der Waals surface area contributed by atoms with Gasteiger partial charge in [0.2, 0.25) is 11.2 Å². The first-order chi connectivity index (χ1) is 15.1. The van der Waals surface area contributed by atoms with Gasteiger partial charge in [0.1, 0.15) is 18.0 Å². The molecule has 1 fully saturated rings. The summed E-state index contributed by atoms with van der Waals surface area (Å²) >= 11 is 6.13. The first kappa shape index (κ1) is 22.5. The fourth-order valence-corrected chi connectivity index (χ4v) is 4.23. The van der Waals surface area contributed by atoms with E-state index in [1.807, 2.05) is 0 Å². The molecule has 1 aliphatic heterocycles. The number of quaternary nitrogens is 1. The summed E-state index contributed by atoms with van der Waals surface area (Å²) in [7, 11) is 0. The van der Waals surface area contributed by atoms with E-state index in [1.165, 1.54) is 24.3 Å². The molecule has 9 heteroatoms. The summed E-state index contributed by atoms with van der Waals surface area (Å²) in [5.41, 5.74) is 0.160. The second-order valence-corrected chi connectivity index (χ2v) is 8.51. The van der Waals surface area contributed by atoms with E-state index in [0.717, 1.165) is 30.8 Å². The molecule has 0 bridgehead atoms. The zero-order chi connectivity index (χ0) is 23.2. The molecule has 32 heavy (non-hydrogen) atoms. The van der Waals surface area contributed by atoms with Gasteiger partial charge in [0.15, 0.2) is 5.58 Å². The molecule has 0 aliphatic carbocycles. The molecule has 0 amide bonds. The Balaban J connectivity index is 1.91. The molecule has 2 heterocycles. The highest BCUT2D eigenvalue weighted by molar-refractivity contribution is 6.32. The van der Waals surface area contributed by atoms with Crippen LogP contribution in [0.15, 0.2) is 33.5 Å². The Kier molecular flexibility index (Phi) is 5.85. The monoisotopic (exact) mass is 468 g/mol. The molecule has 170 valence electrons. The number of hydrogen-bond acceptors (Lipinski definition) is 4. The quantitative estimate of drug-likeness (QED) is 0.579. The number of nitrogens with one attached hydrogen (secondary N) is 1. The normalized spacial score (nSPS) is 14.9. The van der Waals surface area contributed by atoms with Crippen molar-refractivity contribution in [2.75, 3.05) is 13.1 Å². The summed E-state index contributed by atoms with van der Waals surface area (Å²) in [5.74, 6) is -2.65. The topological polar surface area (TPSA) is 64.1 Å². The van der Waals surface area contributed by atoms with Crippen molar-refractivity contribution in [3.63, 3.8) is 0 Å². The van der Waals surface area contributed by atoms with Crippen molar-refractivity contribution in [1.82, 2.24) is 0 Å². The Morgan fingerprint density at radius 3 is 2.38 bits per heavy atom. The van der Waals surface area contributed by atoms with Gasteiger partial charge in [-0.2, -0.15) is 13.2 Å². The summed E-state index contributed by atoms with van der Waals surface area (Å²) in [6, 6.07) is 5.47. The molecule has 4 rings (SSSR count). The Labute approximate surface area is 187 Å². The van der Waals surface area contributed by atoms with Crippen LogP contribution < -0.4 is 15.1 Å². The van der Waals surface area contributed by atoms with Crippen LogP contribution in [0.25, 0.3) is 11.0 Å². The lowest BCUT2D eigenvalue weighted by molar-refractivity contribution is -0.901. The molecular weight excluding hydrogens is 447 g/mol. The van der Waals surface area contributed by atoms with E-state index in [2.05, 4.69) is 0 Å². The Hall–Kier alpha value is -2.71. The van der Waals surface area contributed by atoms with E-state index in [4.69, 9.17) is 20.8 Å². The number of halogens is 4. The van der Waals surface area contributed by atoms with Crippen LogP contribution in [0.5, 0.6) is 17.2 Å². The standard InChI is InChI=1S/C23H21ClF3NO4/c1-12-9-14(10-13(2)18(12)24)31-21-19(30)15-5-6-17(29)16(11-28-7-3-4-8-28)20(15)32-22(21)23(25,26)27/h5-6,9-10,29H,3-4,7-8,11H2,1-2H3/p+1. The number of hydrogen-bond donors (Lipinski definition) is 2. The molecule has 5 nitrogen and oxygen atoms in total. The second kappa shape index (κ2) is 8.33. The predicted octanol–water partition coefficient (Wildman–Crippen LogP) is 4.76. The zero-order valence-electron chi connectivity index (χ0n) is 17.5. The Morgan fingerprint density at radius 1 is 1.16 bits per heavy atom. The molecular formula is C23H22ClF3NO4+. The van der Waals surface area contributed by atoms with Gasteiger partial charge in [0, 0.05) is 17.9 Å². The van der Waals surface area contributed by atoms with Crippen LogP contribution in [0.3, 0.4) is 0 Å². The zero-order valence-corrected chi connectivity index (χ0v) is 18.3. The van der Waals surface area contributed by atoms with Crippen molar-refractivity contribution < 1.29 is 32.3 Å². The number of aromatic hydroxyl groups is 1. The van der Waals surface area contributed by atoms with Crippen LogP contribution in [0.4, 0.5) is 13.2 Å². The fourth-order valence-electron chi connectivity index (χ4n) is 4.12. The van der Waals surface area contributed by atoms with Crippen molar-refractivity contribution >= 4 is 22.6 Å². The summed E-state index contributed by atoms with van der Waals surface area (Å²) < 4.78 is 52.5. The van der Waals surface area contributed by atoms with E-state index in [0.29, 0.717) is 16.1 Å². The summed E-state index contributed by atoms with van der Waals surface area (Å²) in [4.78, 5) is 14.2. The van der Waals surface area contributed by atoms with Gasteiger partial charge in [-0.25, -0.2) is 0 Å². The van der Waals surface area contributed by atoms with Crippen LogP contribution in [-0.2, 0) is 12.7 Å². The maximum absolute atomic E-state index is 13.9. The van der Waals surface area contributed by atoms with Gasteiger partial charge < -0.3 is 19.2 Å². The third-order valence-electron chi connectivity index (χ3n) is 5.72. The second-order valence-electron chi connectivity index (χ2n) is 8.13. The maximum Gasteiger partial charge on any atom is 0.453 e. The molecule has 1 saturated heterocycles. The van der Waals surface area contributed by atoms with Gasteiger partial charge in [-0.3, -0.25) is 4.79 Å². The number of alkyl halides is 3. The van der Waals surface area contributed by atoms with Crippen molar-refractivity contribution in [3.05, 3.63) is 62.0 Å². The molecule has 2 N–H and O–H groups in total. The fraction of sp³-hybridized carbons (Fsp3) is 0.348. The van der Waals surface area contributed by atoms with E-state index in [-0.39, 0.29) is 34.6 Å². The maximum atomic E-state index is 13.9. The van der Waals surface area contributed by atoms with Crippen molar-refractivity contribution in [1.29, 1.82) is 0 Å². The van der Waals surface area contributed by atoms with Gasteiger partial charge in [-0.05, 0) is 49.2 Å². The number of phenolic OH excluding ortho intramolecular Hbond substituents is 1. The first-order valence-corrected chi connectivity index (χ1v) is 10.6. The third-order valence-corrected chi connectivity index (χ3v) is 6.32. The van der Waals surface area contributed by atoms with E-state index < -0.39 is 23.1 Å². The van der Waals surface area contributed by atoms with Crippen LogP contribution in [0.2, 0.25) is 5.02 Å². The lowest BCUT2D eigenvalue weighted by Crippen LogP contribution is -3.08. The molecule has 0 unspecified atom stereocenters. The minimum atomic E-state index is -4.98. The number of ether oxygens (including phenoxy) is 1. The molecule has 1 aromatic heterocycles. The molecule has 0 saturated carbocycles. The predicted molar refractivity (Wildman–Crippen MR) is 114 cm³/mol. The van der Waals surface area contributed by atoms with Gasteiger partial charge in [-0.15, -0.1) is 0 Å². The smallest absolute Gasteiger partial charge is 0.453 e. The highest BCUT2D eigenvalue weighted by Gasteiger charge is 2.41. The van der Waals surface area contributed by atoms with Gasteiger partial charge in [0.05, 0.1) is 24.0 Å². The van der Waals surface area contributed by atoms with Crippen LogP contribution >= 0.6 is 11.6 Å². The largest absolute Gasteiger partial charge is 0.507 e. The first-order valence-electron chi connectivity index (χ1n) is 10.2. The summed E-state index contributed by atoms with van der Waals surface area (Å²) in [6.45, 7) is 5.31. The van der Waals surface area contributed by atoms with Crippen LogP contribution in [-0.4, -0.2) is 18.2 Å². The van der Waals surface area contributed by atoms with Crippen molar-refractivity contribution in [3.8, 4) is 17.2 Å². The summed E-state index contributed by atoms with van der Waals surface area (Å²) in [6.07, 6.45) is -2.99. The SMILES string of the molecule is Cc1cc(Oc2c(C(F)(F)F)oc3c(C[NH+]4CCCC4)c(O)ccc3c2=O)cc(C)c1Cl. The number of aryl methyl sites for hydroxylation is 2.